The molecular formula is C10H12BrClN2O. The third kappa shape index (κ3) is 5.14. The maximum Gasteiger partial charge on any atom is 0.224 e. The molecular weight excluding hydrogens is 279 g/mol. The highest BCUT2D eigenvalue weighted by molar-refractivity contribution is 9.10. The van der Waals surface area contributed by atoms with Crippen LogP contribution < -0.4 is 5.32 Å². The Morgan fingerprint density at radius 1 is 1.47 bits per heavy atom. The number of rotatable bonds is 5. The first-order chi connectivity index (χ1) is 7.22. The van der Waals surface area contributed by atoms with Crippen LogP contribution in [0.5, 0.6) is 0 Å². The van der Waals surface area contributed by atoms with Crippen LogP contribution in [0.4, 0.5) is 5.69 Å². The largest absolute Gasteiger partial charge is 0.325 e. The summed E-state index contributed by atoms with van der Waals surface area (Å²) in [5.41, 5.74) is 0.717. The van der Waals surface area contributed by atoms with E-state index in [1.165, 1.54) is 0 Å². The lowest BCUT2D eigenvalue weighted by Crippen LogP contribution is -2.11. The van der Waals surface area contributed by atoms with Crippen LogP contribution in [0.15, 0.2) is 22.9 Å². The van der Waals surface area contributed by atoms with Crippen LogP contribution in [-0.4, -0.2) is 16.8 Å². The van der Waals surface area contributed by atoms with Crippen molar-refractivity contribution in [3.8, 4) is 0 Å². The minimum atomic E-state index is 0.00393. The van der Waals surface area contributed by atoms with E-state index in [1.807, 2.05) is 0 Å². The van der Waals surface area contributed by atoms with Gasteiger partial charge in [0, 0.05) is 12.3 Å². The minimum Gasteiger partial charge on any atom is -0.325 e. The summed E-state index contributed by atoms with van der Waals surface area (Å²) in [6, 6.07) is 3.59. The second kappa shape index (κ2) is 6.80. The van der Waals surface area contributed by atoms with Gasteiger partial charge in [-0.15, -0.1) is 11.6 Å². The zero-order valence-electron chi connectivity index (χ0n) is 8.17. The molecule has 0 saturated heterocycles. The van der Waals surface area contributed by atoms with Crippen molar-refractivity contribution in [1.82, 2.24) is 4.98 Å². The van der Waals surface area contributed by atoms with E-state index in [0.29, 0.717) is 18.0 Å². The second-order valence-corrected chi connectivity index (χ2v) is 4.25. The third-order valence-electron chi connectivity index (χ3n) is 1.80. The molecule has 1 aromatic rings. The van der Waals surface area contributed by atoms with Crippen LogP contribution in [0.2, 0.25) is 0 Å². The molecule has 0 aliphatic carbocycles. The van der Waals surface area contributed by atoms with Gasteiger partial charge >= 0.3 is 0 Å². The highest BCUT2D eigenvalue weighted by atomic mass is 79.9. The van der Waals surface area contributed by atoms with Crippen molar-refractivity contribution in [1.29, 1.82) is 0 Å². The van der Waals surface area contributed by atoms with Gasteiger partial charge in [0.1, 0.15) is 4.60 Å². The molecule has 1 aromatic heterocycles. The zero-order valence-corrected chi connectivity index (χ0v) is 10.5. The number of amides is 1. The molecule has 0 atom stereocenters. The Morgan fingerprint density at radius 3 is 2.87 bits per heavy atom. The number of pyridine rings is 1. The molecule has 5 heteroatoms. The van der Waals surface area contributed by atoms with Crippen LogP contribution in [0.1, 0.15) is 19.3 Å². The standard InChI is InChI=1S/C10H12BrClN2O/c11-9-5-4-8(7-13-9)14-10(15)3-1-2-6-12/h4-5,7H,1-3,6H2,(H,14,15). The average Bonchev–Trinajstić information content (AvgIpc) is 2.22. The number of alkyl halides is 1. The minimum absolute atomic E-state index is 0.00393. The molecule has 0 unspecified atom stereocenters. The van der Waals surface area contributed by atoms with Crippen molar-refractivity contribution in [2.45, 2.75) is 19.3 Å². The first-order valence-corrected chi connectivity index (χ1v) is 6.02. The number of nitrogens with one attached hydrogen (secondary N) is 1. The molecule has 1 rings (SSSR count). The molecule has 0 saturated carbocycles. The zero-order chi connectivity index (χ0) is 11.1. The average molecular weight is 292 g/mol. The molecule has 0 spiro atoms. The normalized spacial score (nSPS) is 10.0. The van der Waals surface area contributed by atoms with E-state index in [4.69, 9.17) is 11.6 Å². The van der Waals surface area contributed by atoms with Gasteiger partial charge < -0.3 is 5.32 Å². The highest BCUT2D eigenvalue weighted by Gasteiger charge is 2.01. The summed E-state index contributed by atoms with van der Waals surface area (Å²) >= 11 is 8.74. The van der Waals surface area contributed by atoms with Crippen molar-refractivity contribution < 1.29 is 4.79 Å². The van der Waals surface area contributed by atoms with E-state index in [9.17, 15) is 4.79 Å². The first kappa shape index (κ1) is 12.5. The van der Waals surface area contributed by atoms with E-state index < -0.39 is 0 Å². The van der Waals surface area contributed by atoms with Crippen molar-refractivity contribution in [3.63, 3.8) is 0 Å². The topological polar surface area (TPSA) is 42.0 Å². The first-order valence-electron chi connectivity index (χ1n) is 4.70. The fourth-order valence-corrected chi connectivity index (χ4v) is 1.48. The molecule has 15 heavy (non-hydrogen) atoms. The lowest BCUT2D eigenvalue weighted by Gasteiger charge is -2.03. The van der Waals surface area contributed by atoms with Crippen LogP contribution in [0.3, 0.4) is 0 Å². The molecule has 0 aliphatic rings. The van der Waals surface area contributed by atoms with Crippen molar-refractivity contribution in [2.24, 2.45) is 0 Å². The molecule has 0 fully saturated rings. The number of halogens is 2. The van der Waals surface area contributed by atoms with Gasteiger partial charge in [0.15, 0.2) is 0 Å². The molecule has 1 N–H and O–H groups in total. The van der Waals surface area contributed by atoms with Gasteiger partial charge in [0.05, 0.1) is 11.9 Å². The molecule has 82 valence electrons. The molecule has 0 aliphatic heterocycles. The maximum absolute atomic E-state index is 11.4. The fourth-order valence-electron chi connectivity index (χ4n) is 1.05. The molecule has 0 radical (unpaired) electrons. The molecule has 0 bridgehead atoms. The maximum atomic E-state index is 11.4. The molecule has 1 amide bonds. The van der Waals surface area contributed by atoms with Gasteiger partial charge in [0.25, 0.3) is 0 Å². The second-order valence-electron chi connectivity index (χ2n) is 3.06. The predicted molar refractivity (Wildman–Crippen MR) is 65.1 cm³/mol. The molecule has 3 nitrogen and oxygen atoms in total. The van der Waals surface area contributed by atoms with Crippen LogP contribution in [-0.2, 0) is 4.79 Å². The lowest BCUT2D eigenvalue weighted by atomic mass is 10.2. The van der Waals surface area contributed by atoms with Gasteiger partial charge in [0.2, 0.25) is 5.91 Å². The number of hydrogen-bond donors (Lipinski definition) is 1. The SMILES string of the molecule is O=C(CCCCCl)Nc1ccc(Br)nc1. The lowest BCUT2D eigenvalue weighted by molar-refractivity contribution is -0.116. The molecule has 1 heterocycles. The number of anilines is 1. The molecule has 0 aromatic carbocycles. The number of unbranched alkanes of at least 4 members (excludes halogenated alkanes) is 1. The van der Waals surface area contributed by atoms with Crippen molar-refractivity contribution >= 4 is 39.1 Å². The van der Waals surface area contributed by atoms with E-state index in [0.717, 1.165) is 17.4 Å². The van der Waals surface area contributed by atoms with Crippen LogP contribution in [0, 0.1) is 0 Å². The summed E-state index contributed by atoms with van der Waals surface area (Å²) in [5, 5.41) is 2.76. The Labute approximate surface area is 102 Å². The Hall–Kier alpha value is -0.610. The van der Waals surface area contributed by atoms with E-state index >= 15 is 0 Å². The van der Waals surface area contributed by atoms with E-state index in [1.54, 1.807) is 18.3 Å². The smallest absolute Gasteiger partial charge is 0.224 e. The number of aromatic nitrogens is 1. The van der Waals surface area contributed by atoms with Gasteiger partial charge in [-0.1, -0.05) is 0 Å². The van der Waals surface area contributed by atoms with E-state index in [2.05, 4.69) is 26.2 Å². The monoisotopic (exact) mass is 290 g/mol. The van der Waals surface area contributed by atoms with Gasteiger partial charge in [-0.05, 0) is 40.9 Å². The Balaban J connectivity index is 2.34. The van der Waals surface area contributed by atoms with Crippen molar-refractivity contribution in [3.05, 3.63) is 22.9 Å². The number of nitrogens with zero attached hydrogens (tertiary/aromatic N) is 1. The number of hydrogen-bond acceptors (Lipinski definition) is 2. The van der Waals surface area contributed by atoms with Gasteiger partial charge in [-0.3, -0.25) is 4.79 Å². The summed E-state index contributed by atoms with van der Waals surface area (Å²) in [5.74, 6) is 0.608. The van der Waals surface area contributed by atoms with Crippen molar-refractivity contribution in [2.75, 3.05) is 11.2 Å². The van der Waals surface area contributed by atoms with E-state index in [-0.39, 0.29) is 5.91 Å². The van der Waals surface area contributed by atoms with Crippen LogP contribution >= 0.6 is 27.5 Å². The summed E-state index contributed by atoms with van der Waals surface area (Å²) in [6.45, 7) is 0. The summed E-state index contributed by atoms with van der Waals surface area (Å²) in [4.78, 5) is 15.4. The Kier molecular flexibility index (Phi) is 5.65. The summed E-state index contributed by atoms with van der Waals surface area (Å²) in [6.07, 6.45) is 3.80. The Morgan fingerprint density at radius 2 is 2.27 bits per heavy atom. The van der Waals surface area contributed by atoms with Gasteiger partial charge in [-0.2, -0.15) is 0 Å². The third-order valence-corrected chi connectivity index (χ3v) is 2.53. The van der Waals surface area contributed by atoms with Gasteiger partial charge in [-0.25, -0.2) is 4.98 Å². The Bertz CT molecular complexity index is 316. The fraction of sp³-hybridized carbons (Fsp3) is 0.400. The highest BCUT2D eigenvalue weighted by Crippen LogP contribution is 2.11. The summed E-state index contributed by atoms with van der Waals surface area (Å²) in [7, 11) is 0. The van der Waals surface area contributed by atoms with Crippen LogP contribution in [0.25, 0.3) is 0 Å². The number of carbonyl (C=O) groups is 1. The summed E-state index contributed by atoms with van der Waals surface area (Å²) < 4.78 is 0.752. The predicted octanol–water partition coefficient (Wildman–Crippen LogP) is 3.19. The number of carbonyl (C=O) groups excluding carboxylic acids is 1. The quantitative estimate of drug-likeness (QED) is 0.514.